The third kappa shape index (κ3) is 4.72. The fraction of sp³-hybridized carbons (Fsp3) is 0.273. The van der Waals surface area contributed by atoms with E-state index in [1.807, 2.05) is 6.92 Å². The van der Waals surface area contributed by atoms with Crippen LogP contribution in [0.4, 0.5) is 13.9 Å². The minimum atomic E-state index is -3.60. The summed E-state index contributed by atoms with van der Waals surface area (Å²) in [6.07, 6.45) is 1.85. The van der Waals surface area contributed by atoms with Gasteiger partial charge in [0.15, 0.2) is 16.8 Å². The number of rotatable bonds is 5. The van der Waals surface area contributed by atoms with Gasteiger partial charge in [-0.15, -0.1) is 11.3 Å². The van der Waals surface area contributed by atoms with E-state index in [9.17, 15) is 22.0 Å². The fourth-order valence-corrected chi connectivity index (χ4v) is 5.89. The maximum Gasteiger partial charge on any atom is 0.257 e. The van der Waals surface area contributed by atoms with Crippen LogP contribution in [0.1, 0.15) is 30.1 Å². The lowest BCUT2D eigenvalue weighted by Crippen LogP contribution is -2.39. The Hall–Kier alpha value is -2.69. The quantitative estimate of drug-likeness (QED) is 0.575. The summed E-state index contributed by atoms with van der Waals surface area (Å²) in [6, 6.07) is 9.23. The summed E-state index contributed by atoms with van der Waals surface area (Å²) in [5.41, 5.74) is 1.07. The van der Waals surface area contributed by atoms with Gasteiger partial charge in [-0.3, -0.25) is 10.1 Å². The van der Waals surface area contributed by atoms with Gasteiger partial charge in [-0.05, 0) is 61.2 Å². The summed E-state index contributed by atoms with van der Waals surface area (Å²) in [5.74, 6) is -2.06. The highest BCUT2D eigenvalue weighted by Crippen LogP contribution is 2.27. The topological polar surface area (TPSA) is 79.4 Å². The van der Waals surface area contributed by atoms with Crippen LogP contribution in [0.25, 0.3) is 11.3 Å². The number of piperidine rings is 1. The molecule has 0 spiro atoms. The Morgan fingerprint density at radius 2 is 1.91 bits per heavy atom. The molecule has 0 saturated carbocycles. The smallest absolute Gasteiger partial charge is 0.257 e. The van der Waals surface area contributed by atoms with Gasteiger partial charge >= 0.3 is 0 Å². The SMILES string of the molecule is CC1CCCN(S(=O)(=O)c2ccc(C(=O)Nc3nc(-c4ccc(F)c(F)c4)cs3)cc2)C1. The molecule has 1 N–H and O–H groups in total. The molecule has 2 aromatic carbocycles. The van der Waals surface area contributed by atoms with E-state index in [2.05, 4.69) is 10.3 Å². The first-order valence-corrected chi connectivity index (χ1v) is 12.4. The highest BCUT2D eigenvalue weighted by atomic mass is 32.2. The molecule has 3 aromatic rings. The molecule has 0 bridgehead atoms. The van der Waals surface area contributed by atoms with E-state index in [0.717, 1.165) is 36.3 Å². The minimum absolute atomic E-state index is 0.151. The zero-order valence-electron chi connectivity index (χ0n) is 17.2. The average Bonchev–Trinajstić information content (AvgIpc) is 3.24. The molecule has 6 nitrogen and oxygen atoms in total. The zero-order valence-corrected chi connectivity index (χ0v) is 18.8. The van der Waals surface area contributed by atoms with Crippen molar-refractivity contribution in [1.29, 1.82) is 0 Å². The van der Waals surface area contributed by atoms with E-state index in [4.69, 9.17) is 0 Å². The monoisotopic (exact) mass is 477 g/mol. The summed E-state index contributed by atoms with van der Waals surface area (Å²) in [7, 11) is -3.60. The summed E-state index contributed by atoms with van der Waals surface area (Å²) in [6.45, 7) is 3.03. The molecular weight excluding hydrogens is 456 g/mol. The highest BCUT2D eigenvalue weighted by molar-refractivity contribution is 7.89. The first-order valence-electron chi connectivity index (χ1n) is 10.1. The molecule has 32 heavy (non-hydrogen) atoms. The number of halogens is 2. The van der Waals surface area contributed by atoms with Gasteiger partial charge in [0, 0.05) is 29.6 Å². The van der Waals surface area contributed by atoms with E-state index >= 15 is 0 Å². The third-order valence-electron chi connectivity index (χ3n) is 5.31. The van der Waals surface area contributed by atoms with Crippen molar-refractivity contribution < 1.29 is 22.0 Å². The summed E-state index contributed by atoms with van der Waals surface area (Å²) in [4.78, 5) is 16.9. The zero-order chi connectivity index (χ0) is 22.9. The maximum absolute atomic E-state index is 13.4. The van der Waals surface area contributed by atoms with E-state index in [-0.39, 0.29) is 15.6 Å². The lowest BCUT2D eigenvalue weighted by Gasteiger charge is -2.30. The average molecular weight is 478 g/mol. The molecule has 1 aromatic heterocycles. The molecule has 1 aliphatic heterocycles. The molecule has 1 saturated heterocycles. The Balaban J connectivity index is 1.45. The van der Waals surface area contributed by atoms with Crippen LogP contribution in [0.15, 0.2) is 52.7 Å². The predicted molar refractivity (Wildman–Crippen MR) is 119 cm³/mol. The van der Waals surface area contributed by atoms with E-state index in [1.54, 1.807) is 5.38 Å². The second-order valence-electron chi connectivity index (χ2n) is 7.76. The van der Waals surface area contributed by atoms with Gasteiger partial charge in [-0.1, -0.05) is 6.92 Å². The van der Waals surface area contributed by atoms with Crippen molar-refractivity contribution >= 4 is 32.4 Å². The second-order valence-corrected chi connectivity index (χ2v) is 10.6. The standard InChI is InChI=1S/C22H21F2N3O3S2/c1-14-3-2-10-27(12-14)32(29,30)17-7-4-15(5-8-17)21(28)26-22-25-20(13-31-22)16-6-9-18(23)19(24)11-16/h4-9,11,13-14H,2-3,10,12H2,1H3,(H,25,26,28). The van der Waals surface area contributed by atoms with Crippen LogP contribution in [0.2, 0.25) is 0 Å². The largest absolute Gasteiger partial charge is 0.298 e. The van der Waals surface area contributed by atoms with Gasteiger partial charge in [0.25, 0.3) is 5.91 Å². The van der Waals surface area contributed by atoms with Gasteiger partial charge in [-0.25, -0.2) is 22.2 Å². The van der Waals surface area contributed by atoms with Crippen molar-refractivity contribution in [2.75, 3.05) is 18.4 Å². The molecule has 4 rings (SSSR count). The number of hydrogen-bond donors (Lipinski definition) is 1. The van der Waals surface area contributed by atoms with E-state index in [0.29, 0.717) is 30.3 Å². The number of thiazole rings is 1. The van der Waals surface area contributed by atoms with Crippen LogP contribution in [-0.4, -0.2) is 36.7 Å². The summed E-state index contributed by atoms with van der Waals surface area (Å²) >= 11 is 1.14. The number of carbonyl (C=O) groups is 1. The first kappa shape index (κ1) is 22.5. The van der Waals surface area contributed by atoms with Crippen molar-refractivity contribution in [3.63, 3.8) is 0 Å². The fourth-order valence-electron chi connectivity index (χ4n) is 3.58. The molecule has 0 aliphatic carbocycles. The number of carbonyl (C=O) groups excluding carboxylic acids is 1. The van der Waals surface area contributed by atoms with Crippen LogP contribution in [-0.2, 0) is 10.0 Å². The van der Waals surface area contributed by atoms with Crippen molar-refractivity contribution in [3.8, 4) is 11.3 Å². The number of nitrogens with zero attached hydrogens (tertiary/aromatic N) is 2. The van der Waals surface area contributed by atoms with Gasteiger partial charge in [-0.2, -0.15) is 4.31 Å². The molecule has 0 radical (unpaired) electrons. The van der Waals surface area contributed by atoms with Crippen LogP contribution in [0.5, 0.6) is 0 Å². The Morgan fingerprint density at radius 1 is 1.16 bits per heavy atom. The molecular formula is C22H21F2N3O3S2. The number of amides is 1. The normalized spacial score (nSPS) is 17.3. The van der Waals surface area contributed by atoms with Crippen molar-refractivity contribution in [2.45, 2.75) is 24.7 Å². The molecule has 168 valence electrons. The molecule has 1 atom stereocenters. The molecule has 1 fully saturated rings. The number of anilines is 1. The number of hydrogen-bond acceptors (Lipinski definition) is 5. The molecule has 10 heteroatoms. The lowest BCUT2D eigenvalue weighted by atomic mass is 10.0. The van der Waals surface area contributed by atoms with Crippen LogP contribution in [0.3, 0.4) is 0 Å². The summed E-state index contributed by atoms with van der Waals surface area (Å²) < 4.78 is 53.8. The van der Waals surface area contributed by atoms with E-state index in [1.165, 1.54) is 34.6 Å². The maximum atomic E-state index is 13.4. The number of benzene rings is 2. The Kier molecular flexibility index (Phi) is 6.36. The highest BCUT2D eigenvalue weighted by Gasteiger charge is 2.28. The number of aromatic nitrogens is 1. The second kappa shape index (κ2) is 9.05. The van der Waals surface area contributed by atoms with Crippen LogP contribution in [0, 0.1) is 17.6 Å². The summed E-state index contributed by atoms with van der Waals surface area (Å²) in [5, 5.41) is 4.55. The van der Waals surface area contributed by atoms with Gasteiger partial charge in [0.05, 0.1) is 10.6 Å². The Bertz CT molecular complexity index is 1240. The van der Waals surface area contributed by atoms with Crippen molar-refractivity contribution in [1.82, 2.24) is 9.29 Å². The third-order valence-corrected chi connectivity index (χ3v) is 7.95. The van der Waals surface area contributed by atoms with Crippen LogP contribution >= 0.6 is 11.3 Å². The van der Waals surface area contributed by atoms with Crippen LogP contribution < -0.4 is 5.32 Å². The van der Waals surface area contributed by atoms with Gasteiger partial charge in [0.1, 0.15) is 0 Å². The van der Waals surface area contributed by atoms with E-state index < -0.39 is 27.6 Å². The minimum Gasteiger partial charge on any atom is -0.298 e. The predicted octanol–water partition coefficient (Wildman–Crippen LogP) is 4.76. The number of sulfonamides is 1. The van der Waals surface area contributed by atoms with Gasteiger partial charge < -0.3 is 0 Å². The Labute approximate surface area is 189 Å². The lowest BCUT2D eigenvalue weighted by molar-refractivity contribution is 0.102. The van der Waals surface area contributed by atoms with Crippen molar-refractivity contribution in [3.05, 3.63) is 65.0 Å². The van der Waals surface area contributed by atoms with Gasteiger partial charge in [0.2, 0.25) is 10.0 Å². The molecule has 1 unspecified atom stereocenters. The molecule has 1 amide bonds. The first-order chi connectivity index (χ1) is 15.2. The Morgan fingerprint density at radius 3 is 2.59 bits per heavy atom. The van der Waals surface area contributed by atoms with Crippen molar-refractivity contribution in [2.24, 2.45) is 5.92 Å². The molecule has 1 aliphatic rings. The molecule has 2 heterocycles. The number of nitrogens with one attached hydrogen (secondary N) is 1.